The lowest BCUT2D eigenvalue weighted by atomic mass is 10.1. The average molecular weight is 262 g/mol. The second kappa shape index (κ2) is 6.92. The maximum atomic E-state index is 11.6. The lowest BCUT2D eigenvalue weighted by Crippen LogP contribution is -2.30. The van der Waals surface area contributed by atoms with Gasteiger partial charge in [0.1, 0.15) is 5.60 Å². The molecule has 0 aliphatic carbocycles. The third-order valence-corrected chi connectivity index (χ3v) is 2.27. The first kappa shape index (κ1) is 15.2. The second-order valence-corrected chi connectivity index (χ2v) is 5.29. The molecule has 0 aromatic heterocycles. The Morgan fingerprint density at radius 2 is 1.89 bits per heavy atom. The van der Waals surface area contributed by atoms with Gasteiger partial charge in [-0.15, -0.1) is 0 Å². The summed E-state index contributed by atoms with van der Waals surface area (Å²) in [6.07, 6.45) is 1.24. The van der Waals surface area contributed by atoms with Crippen LogP contribution in [0.1, 0.15) is 46.1 Å². The zero-order chi connectivity index (χ0) is 14.3. The fourth-order valence-electron chi connectivity index (χ4n) is 1.55. The molecule has 0 saturated carbocycles. The molecule has 0 radical (unpaired) electrons. The summed E-state index contributed by atoms with van der Waals surface area (Å²) in [7, 11) is 0. The Morgan fingerprint density at radius 3 is 2.42 bits per heavy atom. The number of hydrogen-bond acceptors (Lipinski definition) is 3. The van der Waals surface area contributed by atoms with Gasteiger partial charge in [0.2, 0.25) is 0 Å². The number of rotatable bonds is 4. The van der Waals surface area contributed by atoms with Crippen molar-refractivity contribution in [1.29, 1.82) is 0 Å². The highest BCUT2D eigenvalue weighted by atomic mass is 16.6. The van der Waals surface area contributed by atoms with Gasteiger partial charge in [-0.1, -0.05) is 43.7 Å². The number of carbonyl (C=O) groups is 1. The van der Waals surface area contributed by atoms with Gasteiger partial charge in [0, 0.05) is 0 Å². The first-order chi connectivity index (χ1) is 8.92. The Labute approximate surface area is 114 Å². The molecule has 0 aliphatic heterocycles. The van der Waals surface area contributed by atoms with Crippen LogP contribution in [0.2, 0.25) is 0 Å². The van der Waals surface area contributed by atoms with E-state index in [0.717, 1.165) is 24.1 Å². The maximum Gasteiger partial charge on any atom is 0.428 e. The molecule has 1 N–H and O–H groups in total. The summed E-state index contributed by atoms with van der Waals surface area (Å²) >= 11 is 0. The van der Waals surface area contributed by atoms with Crippen molar-refractivity contribution in [2.75, 3.05) is 0 Å². The van der Waals surface area contributed by atoms with Gasteiger partial charge in [0.25, 0.3) is 0 Å². The SMILES string of the molecule is CCC/C(=N/NC(=O)OC(C)(C)C)c1ccccc1. The Kier molecular flexibility index (Phi) is 5.55. The van der Waals surface area contributed by atoms with E-state index in [1.165, 1.54) is 0 Å². The van der Waals surface area contributed by atoms with E-state index in [4.69, 9.17) is 4.74 Å². The second-order valence-electron chi connectivity index (χ2n) is 5.29. The van der Waals surface area contributed by atoms with E-state index in [9.17, 15) is 4.79 Å². The smallest absolute Gasteiger partial charge is 0.428 e. The van der Waals surface area contributed by atoms with E-state index in [1.54, 1.807) is 0 Å². The van der Waals surface area contributed by atoms with Gasteiger partial charge in [-0.05, 0) is 32.8 Å². The molecular formula is C15H22N2O2. The molecule has 0 bridgehead atoms. The summed E-state index contributed by atoms with van der Waals surface area (Å²) in [5.74, 6) is 0. The Bertz CT molecular complexity index is 433. The molecule has 0 spiro atoms. The zero-order valence-electron chi connectivity index (χ0n) is 12.1. The monoisotopic (exact) mass is 262 g/mol. The minimum Gasteiger partial charge on any atom is -0.443 e. The molecule has 1 amide bonds. The van der Waals surface area contributed by atoms with Crippen LogP contribution in [0, 0.1) is 0 Å². The molecule has 1 rings (SSSR count). The highest BCUT2D eigenvalue weighted by molar-refractivity contribution is 6.00. The van der Waals surface area contributed by atoms with Gasteiger partial charge >= 0.3 is 6.09 Å². The number of hydrazone groups is 1. The van der Waals surface area contributed by atoms with E-state index in [1.807, 2.05) is 51.1 Å². The Morgan fingerprint density at radius 1 is 1.26 bits per heavy atom. The van der Waals surface area contributed by atoms with Crippen LogP contribution >= 0.6 is 0 Å². The van der Waals surface area contributed by atoms with Crippen molar-refractivity contribution < 1.29 is 9.53 Å². The van der Waals surface area contributed by atoms with Crippen molar-refractivity contribution >= 4 is 11.8 Å². The molecule has 0 saturated heterocycles. The quantitative estimate of drug-likeness (QED) is 0.664. The Hall–Kier alpha value is -1.84. The summed E-state index contributed by atoms with van der Waals surface area (Å²) in [6.45, 7) is 7.53. The van der Waals surface area contributed by atoms with Gasteiger partial charge in [0.05, 0.1) is 5.71 Å². The summed E-state index contributed by atoms with van der Waals surface area (Å²) < 4.78 is 5.14. The Balaban J connectivity index is 2.72. The number of nitrogens with zero attached hydrogens (tertiary/aromatic N) is 1. The highest BCUT2D eigenvalue weighted by Gasteiger charge is 2.15. The number of ether oxygens (including phenoxy) is 1. The van der Waals surface area contributed by atoms with E-state index < -0.39 is 11.7 Å². The molecule has 104 valence electrons. The first-order valence-corrected chi connectivity index (χ1v) is 6.53. The summed E-state index contributed by atoms with van der Waals surface area (Å²) in [5, 5.41) is 4.16. The number of nitrogens with one attached hydrogen (secondary N) is 1. The number of amides is 1. The van der Waals surface area contributed by atoms with Crippen molar-refractivity contribution in [3.05, 3.63) is 35.9 Å². The van der Waals surface area contributed by atoms with E-state index in [-0.39, 0.29) is 0 Å². The molecule has 19 heavy (non-hydrogen) atoms. The van der Waals surface area contributed by atoms with Gasteiger partial charge in [0.15, 0.2) is 0 Å². The summed E-state index contributed by atoms with van der Waals surface area (Å²) in [6, 6.07) is 9.81. The van der Waals surface area contributed by atoms with Crippen molar-refractivity contribution in [1.82, 2.24) is 5.43 Å². The lowest BCUT2D eigenvalue weighted by Gasteiger charge is -2.18. The minimum atomic E-state index is -0.531. The molecule has 0 unspecified atom stereocenters. The van der Waals surface area contributed by atoms with Crippen LogP contribution in [0.3, 0.4) is 0 Å². The summed E-state index contributed by atoms with van der Waals surface area (Å²) in [5.41, 5.74) is 3.80. The minimum absolute atomic E-state index is 0.517. The molecule has 4 nitrogen and oxygen atoms in total. The molecular weight excluding hydrogens is 240 g/mol. The third-order valence-electron chi connectivity index (χ3n) is 2.27. The zero-order valence-corrected chi connectivity index (χ0v) is 12.1. The van der Waals surface area contributed by atoms with Crippen molar-refractivity contribution in [2.24, 2.45) is 5.10 Å². The lowest BCUT2D eigenvalue weighted by molar-refractivity contribution is 0.0529. The molecule has 4 heteroatoms. The van der Waals surface area contributed by atoms with Crippen LogP contribution in [0.4, 0.5) is 4.79 Å². The average Bonchev–Trinajstić information content (AvgIpc) is 2.33. The fourth-order valence-corrected chi connectivity index (χ4v) is 1.55. The number of benzene rings is 1. The van der Waals surface area contributed by atoms with Gasteiger partial charge in [-0.25, -0.2) is 10.2 Å². The van der Waals surface area contributed by atoms with Gasteiger partial charge < -0.3 is 4.74 Å². The number of carbonyl (C=O) groups excluding carboxylic acids is 1. The fraction of sp³-hybridized carbons (Fsp3) is 0.467. The van der Waals surface area contributed by atoms with E-state index >= 15 is 0 Å². The van der Waals surface area contributed by atoms with Crippen molar-refractivity contribution in [2.45, 2.75) is 46.1 Å². The molecule has 1 aromatic rings. The van der Waals surface area contributed by atoms with Crippen LogP contribution in [-0.4, -0.2) is 17.4 Å². The van der Waals surface area contributed by atoms with E-state index in [2.05, 4.69) is 17.5 Å². The van der Waals surface area contributed by atoms with Crippen LogP contribution in [0.25, 0.3) is 0 Å². The molecule has 0 fully saturated rings. The molecule has 1 aromatic carbocycles. The van der Waals surface area contributed by atoms with Crippen LogP contribution in [-0.2, 0) is 4.74 Å². The van der Waals surface area contributed by atoms with Crippen LogP contribution in [0.15, 0.2) is 35.4 Å². The third kappa shape index (κ3) is 6.04. The van der Waals surface area contributed by atoms with Crippen molar-refractivity contribution in [3.8, 4) is 0 Å². The van der Waals surface area contributed by atoms with Gasteiger partial charge in [-0.2, -0.15) is 5.10 Å². The largest absolute Gasteiger partial charge is 0.443 e. The van der Waals surface area contributed by atoms with Crippen LogP contribution < -0.4 is 5.43 Å². The summed E-state index contributed by atoms with van der Waals surface area (Å²) in [4.78, 5) is 11.6. The number of hydrogen-bond donors (Lipinski definition) is 1. The predicted molar refractivity (Wildman–Crippen MR) is 77.3 cm³/mol. The standard InChI is InChI=1S/C15H22N2O2/c1-5-9-13(12-10-7-6-8-11-12)16-17-14(18)19-15(2,3)4/h6-8,10-11H,5,9H2,1-4H3,(H,17,18)/b16-13-. The van der Waals surface area contributed by atoms with Gasteiger partial charge in [-0.3, -0.25) is 0 Å². The van der Waals surface area contributed by atoms with Crippen LogP contribution in [0.5, 0.6) is 0 Å². The predicted octanol–water partition coefficient (Wildman–Crippen LogP) is 3.72. The molecule has 0 atom stereocenters. The topological polar surface area (TPSA) is 50.7 Å². The highest BCUT2D eigenvalue weighted by Crippen LogP contribution is 2.08. The van der Waals surface area contributed by atoms with Crippen molar-refractivity contribution in [3.63, 3.8) is 0 Å². The normalized spacial score (nSPS) is 12.1. The molecule has 0 aliphatic rings. The molecule has 0 heterocycles. The first-order valence-electron chi connectivity index (χ1n) is 6.53. The maximum absolute atomic E-state index is 11.6. The van der Waals surface area contributed by atoms with E-state index in [0.29, 0.717) is 0 Å².